The van der Waals surface area contributed by atoms with Crippen molar-refractivity contribution in [2.45, 2.75) is 18.8 Å². The van der Waals surface area contributed by atoms with Crippen LogP contribution in [0.5, 0.6) is 0 Å². The Morgan fingerprint density at radius 3 is 3.07 bits per heavy atom. The highest BCUT2D eigenvalue weighted by molar-refractivity contribution is 5.73. The van der Waals surface area contributed by atoms with Crippen LogP contribution in [0.2, 0.25) is 0 Å². The second-order valence-electron chi connectivity index (χ2n) is 3.78. The molecule has 2 aromatic heterocycles. The third kappa shape index (κ3) is 1.13. The van der Waals surface area contributed by atoms with Gasteiger partial charge in [0.05, 0.1) is 0 Å². The van der Waals surface area contributed by atoms with Crippen LogP contribution in [0.1, 0.15) is 34.8 Å². The van der Waals surface area contributed by atoms with Gasteiger partial charge in [-0.1, -0.05) is 0 Å². The molecule has 2 aromatic rings. The zero-order valence-electron chi connectivity index (χ0n) is 7.68. The van der Waals surface area contributed by atoms with Gasteiger partial charge in [0.25, 0.3) is 0 Å². The van der Waals surface area contributed by atoms with Gasteiger partial charge in [-0.05, 0) is 36.5 Å². The van der Waals surface area contributed by atoms with E-state index in [2.05, 4.69) is 17.1 Å². The summed E-state index contributed by atoms with van der Waals surface area (Å²) in [4.78, 5) is 14.7. The number of imidazole rings is 1. The smallest absolute Gasteiger partial charge is 0.170 e. The Bertz CT molecular complexity index is 497. The quantitative estimate of drug-likeness (QED) is 0.672. The fourth-order valence-corrected chi connectivity index (χ4v) is 1.74. The van der Waals surface area contributed by atoms with Crippen LogP contribution in [-0.2, 0) is 0 Å². The second-order valence-corrected chi connectivity index (χ2v) is 3.78. The summed E-state index contributed by atoms with van der Waals surface area (Å²) in [6.45, 7) is 0. The van der Waals surface area contributed by atoms with Gasteiger partial charge in [0.1, 0.15) is 11.3 Å². The van der Waals surface area contributed by atoms with Crippen LogP contribution < -0.4 is 0 Å². The standard InChI is InChI=1S/C11H10N2O/c14-7-10-6-13-4-3-9(8-1-2-8)5-11(13)12-10/h3-8H,1-2H2. The third-order valence-corrected chi connectivity index (χ3v) is 2.67. The molecule has 0 aliphatic heterocycles. The maximum atomic E-state index is 10.5. The van der Waals surface area contributed by atoms with Gasteiger partial charge < -0.3 is 4.40 Å². The molecule has 0 aromatic carbocycles. The Balaban J connectivity index is 2.16. The van der Waals surface area contributed by atoms with E-state index in [1.54, 1.807) is 6.20 Å². The van der Waals surface area contributed by atoms with Gasteiger partial charge in [0.15, 0.2) is 6.29 Å². The number of carbonyl (C=O) groups excluding carboxylic acids is 1. The molecule has 1 saturated carbocycles. The van der Waals surface area contributed by atoms with E-state index < -0.39 is 0 Å². The summed E-state index contributed by atoms with van der Waals surface area (Å²) in [6.07, 6.45) is 7.08. The lowest BCUT2D eigenvalue weighted by Gasteiger charge is -1.97. The van der Waals surface area contributed by atoms with Crippen molar-refractivity contribution in [3.63, 3.8) is 0 Å². The molecular weight excluding hydrogens is 176 g/mol. The number of pyridine rings is 1. The van der Waals surface area contributed by atoms with Crippen LogP contribution in [0.25, 0.3) is 5.65 Å². The van der Waals surface area contributed by atoms with Crippen LogP contribution in [0.15, 0.2) is 24.5 Å². The molecule has 1 aliphatic rings. The highest BCUT2D eigenvalue weighted by Crippen LogP contribution is 2.40. The van der Waals surface area contributed by atoms with Crippen molar-refractivity contribution < 1.29 is 4.79 Å². The zero-order valence-corrected chi connectivity index (χ0v) is 7.68. The molecule has 0 unspecified atom stereocenters. The monoisotopic (exact) mass is 186 g/mol. The first-order valence-electron chi connectivity index (χ1n) is 4.80. The lowest BCUT2D eigenvalue weighted by molar-refractivity contribution is 0.111. The second kappa shape index (κ2) is 2.67. The van der Waals surface area contributed by atoms with Crippen LogP contribution in [-0.4, -0.2) is 15.7 Å². The molecule has 0 radical (unpaired) electrons. The summed E-state index contributed by atoms with van der Waals surface area (Å²) in [7, 11) is 0. The number of hydrogen-bond donors (Lipinski definition) is 0. The Morgan fingerprint density at radius 2 is 2.36 bits per heavy atom. The number of aromatic nitrogens is 2. The minimum Gasteiger partial charge on any atom is -0.306 e. The highest BCUT2D eigenvalue weighted by Gasteiger charge is 2.23. The van der Waals surface area contributed by atoms with Crippen LogP contribution in [0.4, 0.5) is 0 Å². The number of rotatable bonds is 2. The molecule has 70 valence electrons. The lowest BCUT2D eigenvalue weighted by atomic mass is 10.2. The molecule has 0 saturated heterocycles. The van der Waals surface area contributed by atoms with E-state index in [1.807, 2.05) is 10.6 Å². The SMILES string of the molecule is O=Cc1cn2ccc(C3CC3)cc2n1. The van der Waals surface area contributed by atoms with Crippen molar-refractivity contribution in [1.29, 1.82) is 0 Å². The van der Waals surface area contributed by atoms with Gasteiger partial charge in [0.2, 0.25) is 0 Å². The summed E-state index contributed by atoms with van der Waals surface area (Å²) < 4.78 is 1.88. The predicted octanol–water partition coefficient (Wildman–Crippen LogP) is 2.02. The molecule has 0 atom stereocenters. The van der Waals surface area contributed by atoms with E-state index in [-0.39, 0.29) is 0 Å². The minimum atomic E-state index is 0.498. The Morgan fingerprint density at radius 1 is 1.50 bits per heavy atom. The van der Waals surface area contributed by atoms with Crippen LogP contribution in [0.3, 0.4) is 0 Å². The molecule has 0 bridgehead atoms. The maximum absolute atomic E-state index is 10.5. The molecular formula is C11H10N2O. The Kier molecular flexibility index (Phi) is 1.48. The fraction of sp³-hybridized carbons (Fsp3) is 0.273. The summed E-state index contributed by atoms with van der Waals surface area (Å²) in [6, 6.07) is 4.19. The van der Waals surface area contributed by atoms with Crippen LogP contribution in [0, 0.1) is 0 Å². The first kappa shape index (κ1) is 7.74. The van der Waals surface area contributed by atoms with Gasteiger partial charge in [-0.2, -0.15) is 0 Å². The molecule has 3 rings (SSSR count). The minimum absolute atomic E-state index is 0.498. The largest absolute Gasteiger partial charge is 0.306 e. The van der Waals surface area contributed by atoms with E-state index in [0.717, 1.165) is 17.9 Å². The molecule has 0 amide bonds. The first-order chi connectivity index (χ1) is 6.86. The lowest BCUT2D eigenvalue weighted by Crippen LogP contribution is -1.85. The van der Waals surface area contributed by atoms with Crippen molar-refractivity contribution in [2.24, 2.45) is 0 Å². The molecule has 0 N–H and O–H groups in total. The Hall–Kier alpha value is -1.64. The van der Waals surface area contributed by atoms with E-state index in [4.69, 9.17) is 0 Å². The summed E-state index contributed by atoms with van der Waals surface area (Å²) in [5.41, 5.74) is 2.72. The third-order valence-electron chi connectivity index (χ3n) is 2.67. The van der Waals surface area contributed by atoms with Crippen molar-refractivity contribution in [1.82, 2.24) is 9.38 Å². The number of aldehydes is 1. The zero-order chi connectivity index (χ0) is 9.54. The van der Waals surface area contributed by atoms with Gasteiger partial charge >= 0.3 is 0 Å². The molecule has 3 nitrogen and oxygen atoms in total. The molecule has 1 aliphatic carbocycles. The first-order valence-corrected chi connectivity index (χ1v) is 4.80. The molecule has 0 spiro atoms. The molecule has 14 heavy (non-hydrogen) atoms. The topological polar surface area (TPSA) is 34.4 Å². The normalized spacial score (nSPS) is 16.0. The van der Waals surface area contributed by atoms with Crippen LogP contribution >= 0.6 is 0 Å². The van der Waals surface area contributed by atoms with Crippen molar-refractivity contribution in [2.75, 3.05) is 0 Å². The summed E-state index contributed by atoms with van der Waals surface area (Å²) in [5, 5.41) is 0. The fourth-order valence-electron chi connectivity index (χ4n) is 1.74. The van der Waals surface area contributed by atoms with Gasteiger partial charge in [-0.15, -0.1) is 0 Å². The average molecular weight is 186 g/mol. The van der Waals surface area contributed by atoms with Gasteiger partial charge in [-0.25, -0.2) is 4.98 Å². The number of nitrogens with zero attached hydrogens (tertiary/aromatic N) is 2. The van der Waals surface area contributed by atoms with E-state index in [0.29, 0.717) is 5.69 Å². The highest BCUT2D eigenvalue weighted by atomic mass is 16.1. The number of fused-ring (bicyclic) bond motifs is 1. The molecule has 1 fully saturated rings. The molecule has 2 heterocycles. The number of hydrogen-bond acceptors (Lipinski definition) is 2. The van der Waals surface area contributed by atoms with E-state index >= 15 is 0 Å². The average Bonchev–Trinajstić information content (AvgIpc) is 2.97. The summed E-state index contributed by atoms with van der Waals surface area (Å²) in [5.74, 6) is 0.733. The molecule has 3 heteroatoms. The van der Waals surface area contributed by atoms with Gasteiger partial charge in [0, 0.05) is 12.4 Å². The number of carbonyl (C=O) groups is 1. The van der Waals surface area contributed by atoms with E-state index in [9.17, 15) is 4.79 Å². The van der Waals surface area contributed by atoms with Crippen molar-refractivity contribution in [3.8, 4) is 0 Å². The van der Waals surface area contributed by atoms with E-state index in [1.165, 1.54) is 18.4 Å². The van der Waals surface area contributed by atoms with Gasteiger partial charge in [-0.3, -0.25) is 4.79 Å². The van der Waals surface area contributed by atoms with Crippen molar-refractivity contribution >= 4 is 11.9 Å². The summed E-state index contributed by atoms with van der Waals surface area (Å²) >= 11 is 0. The predicted molar refractivity (Wildman–Crippen MR) is 52.6 cm³/mol. The maximum Gasteiger partial charge on any atom is 0.170 e. The Labute approximate surface area is 81.4 Å². The van der Waals surface area contributed by atoms with Crippen molar-refractivity contribution in [3.05, 3.63) is 35.8 Å².